The summed E-state index contributed by atoms with van der Waals surface area (Å²) in [6, 6.07) is 7.93. The van der Waals surface area contributed by atoms with Gasteiger partial charge in [0.2, 0.25) is 10.0 Å². The number of nitriles is 1. The standard InChI is InChI=1S/C14H19N3O2S.ClH/c15-12-13-4-6-14(7-5-13)20(18,19)16-8-3-11-17-9-1-2-10-17;/h4-7,16H,1-3,8-11H2;1H. The Morgan fingerprint density at radius 2 is 1.81 bits per heavy atom. The van der Waals surface area contributed by atoms with Crippen LogP contribution in [0.4, 0.5) is 0 Å². The number of hydrogen-bond donors (Lipinski definition) is 2. The normalized spacial score (nSPS) is 15.4. The van der Waals surface area contributed by atoms with E-state index in [-0.39, 0.29) is 17.3 Å². The average molecular weight is 330 g/mol. The van der Waals surface area contributed by atoms with E-state index >= 15 is 0 Å². The van der Waals surface area contributed by atoms with Crippen LogP contribution in [0.1, 0.15) is 24.8 Å². The second-order valence-corrected chi connectivity index (χ2v) is 6.86. The molecule has 0 saturated carbocycles. The van der Waals surface area contributed by atoms with Crippen molar-refractivity contribution in [2.75, 3.05) is 26.2 Å². The van der Waals surface area contributed by atoms with Crippen LogP contribution in [0, 0.1) is 11.3 Å². The molecule has 0 aromatic heterocycles. The molecule has 1 aromatic rings. The van der Waals surface area contributed by atoms with Crippen LogP contribution < -0.4 is 22.0 Å². The summed E-state index contributed by atoms with van der Waals surface area (Å²) in [5, 5.41) is 8.69. The minimum absolute atomic E-state index is 0. The van der Waals surface area contributed by atoms with Crippen LogP contribution in [0.5, 0.6) is 0 Å². The minimum Gasteiger partial charge on any atom is -1.00 e. The van der Waals surface area contributed by atoms with Crippen molar-refractivity contribution in [1.82, 2.24) is 4.72 Å². The third-order valence-electron chi connectivity index (χ3n) is 3.60. The second kappa shape index (κ2) is 8.35. The van der Waals surface area contributed by atoms with Crippen molar-refractivity contribution >= 4 is 10.0 Å². The number of nitrogens with zero attached hydrogens (tertiary/aromatic N) is 1. The van der Waals surface area contributed by atoms with Crippen LogP contribution in [0.15, 0.2) is 29.2 Å². The topological polar surface area (TPSA) is 74.4 Å². The van der Waals surface area contributed by atoms with Crippen molar-refractivity contribution in [1.29, 1.82) is 5.26 Å². The first kappa shape index (κ1) is 17.9. The van der Waals surface area contributed by atoms with E-state index in [1.807, 2.05) is 6.07 Å². The summed E-state index contributed by atoms with van der Waals surface area (Å²) in [4.78, 5) is 1.78. The highest BCUT2D eigenvalue weighted by molar-refractivity contribution is 7.89. The largest absolute Gasteiger partial charge is 1.00 e. The summed E-state index contributed by atoms with van der Waals surface area (Å²) in [6.07, 6.45) is 3.42. The van der Waals surface area contributed by atoms with Crippen LogP contribution in [-0.4, -0.2) is 34.6 Å². The van der Waals surface area contributed by atoms with Crippen molar-refractivity contribution in [3.05, 3.63) is 29.8 Å². The van der Waals surface area contributed by atoms with Gasteiger partial charge in [-0.3, -0.25) is 0 Å². The van der Waals surface area contributed by atoms with E-state index in [4.69, 9.17) is 5.26 Å². The van der Waals surface area contributed by atoms with Gasteiger partial charge >= 0.3 is 0 Å². The third kappa shape index (κ3) is 5.29. The Morgan fingerprint density at radius 3 is 2.38 bits per heavy atom. The molecular weight excluding hydrogens is 310 g/mol. The minimum atomic E-state index is -3.45. The fraction of sp³-hybridized carbons (Fsp3) is 0.500. The maximum atomic E-state index is 12.0. The first-order valence-corrected chi connectivity index (χ1v) is 8.43. The molecule has 5 nitrogen and oxygen atoms in total. The van der Waals surface area contributed by atoms with Gasteiger partial charge in [0.15, 0.2) is 0 Å². The molecule has 116 valence electrons. The van der Waals surface area contributed by atoms with E-state index in [1.54, 1.807) is 4.90 Å². The van der Waals surface area contributed by atoms with Gasteiger partial charge in [0, 0.05) is 25.8 Å². The van der Waals surface area contributed by atoms with Gasteiger partial charge in [0.1, 0.15) is 0 Å². The number of likely N-dealkylation sites (tertiary alicyclic amines) is 1. The lowest BCUT2D eigenvalue weighted by atomic mass is 10.2. The molecule has 0 bridgehead atoms. The lowest BCUT2D eigenvalue weighted by Gasteiger charge is -2.12. The first-order valence-electron chi connectivity index (χ1n) is 6.95. The van der Waals surface area contributed by atoms with Crippen molar-refractivity contribution < 1.29 is 25.7 Å². The fourth-order valence-corrected chi connectivity index (χ4v) is 3.54. The monoisotopic (exact) mass is 329 g/mol. The Morgan fingerprint density at radius 1 is 1.19 bits per heavy atom. The van der Waals surface area contributed by atoms with Gasteiger partial charge in [0.25, 0.3) is 0 Å². The van der Waals surface area contributed by atoms with Gasteiger partial charge in [-0.2, -0.15) is 5.26 Å². The molecule has 0 aliphatic carbocycles. The van der Waals surface area contributed by atoms with Crippen molar-refractivity contribution in [2.45, 2.75) is 24.2 Å². The van der Waals surface area contributed by atoms with Gasteiger partial charge in [0.05, 0.1) is 36.2 Å². The molecule has 1 aliphatic heterocycles. The molecule has 0 amide bonds. The quantitative estimate of drug-likeness (QED) is 0.543. The van der Waals surface area contributed by atoms with E-state index in [0.29, 0.717) is 12.1 Å². The predicted octanol–water partition coefficient (Wildman–Crippen LogP) is -3.09. The second-order valence-electron chi connectivity index (χ2n) is 5.09. The molecule has 0 radical (unpaired) electrons. The molecule has 2 N–H and O–H groups in total. The van der Waals surface area contributed by atoms with E-state index < -0.39 is 10.0 Å². The van der Waals surface area contributed by atoms with Crippen LogP contribution in [0.2, 0.25) is 0 Å². The summed E-state index contributed by atoms with van der Waals surface area (Å²) in [7, 11) is -3.45. The zero-order valence-corrected chi connectivity index (χ0v) is 13.4. The van der Waals surface area contributed by atoms with Gasteiger partial charge < -0.3 is 17.3 Å². The summed E-state index contributed by atoms with van der Waals surface area (Å²) in [5.74, 6) is 0. The Kier molecular flexibility index (Phi) is 7.12. The van der Waals surface area contributed by atoms with E-state index in [2.05, 4.69) is 4.72 Å². The predicted molar refractivity (Wildman–Crippen MR) is 75.8 cm³/mol. The molecule has 0 unspecified atom stereocenters. The van der Waals surface area contributed by atoms with Crippen molar-refractivity contribution in [3.8, 4) is 6.07 Å². The highest BCUT2D eigenvalue weighted by atomic mass is 35.5. The van der Waals surface area contributed by atoms with Crippen LogP contribution in [-0.2, 0) is 10.0 Å². The lowest BCUT2D eigenvalue weighted by Crippen LogP contribution is -3.10. The van der Waals surface area contributed by atoms with Gasteiger partial charge in [-0.05, 0) is 24.3 Å². The Labute approximate surface area is 132 Å². The molecule has 7 heteroatoms. The number of halogens is 1. The molecule has 0 atom stereocenters. The number of hydrogen-bond acceptors (Lipinski definition) is 3. The highest BCUT2D eigenvalue weighted by Gasteiger charge is 2.16. The Balaban J connectivity index is 0.00000220. The molecule has 1 saturated heterocycles. The number of nitrogens with one attached hydrogen (secondary N) is 2. The highest BCUT2D eigenvalue weighted by Crippen LogP contribution is 2.09. The van der Waals surface area contributed by atoms with E-state index in [1.165, 1.54) is 50.2 Å². The molecular formula is C14H20ClN3O2S. The number of benzene rings is 1. The molecule has 21 heavy (non-hydrogen) atoms. The Hall–Kier alpha value is -1.13. The average Bonchev–Trinajstić information content (AvgIpc) is 2.97. The van der Waals surface area contributed by atoms with Crippen molar-refractivity contribution in [3.63, 3.8) is 0 Å². The Bertz CT molecular complexity index is 575. The summed E-state index contributed by atoms with van der Waals surface area (Å²) in [6.45, 7) is 3.91. The molecule has 1 aromatic carbocycles. The summed E-state index contributed by atoms with van der Waals surface area (Å²) >= 11 is 0. The summed E-state index contributed by atoms with van der Waals surface area (Å²) < 4.78 is 26.7. The molecule has 0 spiro atoms. The summed E-state index contributed by atoms with van der Waals surface area (Å²) in [5.41, 5.74) is 0.460. The molecule has 1 fully saturated rings. The van der Waals surface area contributed by atoms with E-state index in [9.17, 15) is 8.42 Å². The maximum absolute atomic E-state index is 12.0. The molecule has 1 heterocycles. The van der Waals surface area contributed by atoms with Crippen molar-refractivity contribution in [2.24, 2.45) is 0 Å². The molecule has 2 rings (SSSR count). The number of quaternary nitrogens is 1. The van der Waals surface area contributed by atoms with E-state index in [0.717, 1.165) is 13.0 Å². The van der Waals surface area contributed by atoms with Gasteiger partial charge in [-0.25, -0.2) is 13.1 Å². The lowest BCUT2D eigenvalue weighted by molar-refractivity contribution is -0.887. The van der Waals surface area contributed by atoms with Crippen LogP contribution >= 0.6 is 0 Å². The number of sulfonamides is 1. The smallest absolute Gasteiger partial charge is 0.240 e. The zero-order chi connectivity index (χ0) is 14.4. The molecule has 1 aliphatic rings. The first-order chi connectivity index (χ1) is 9.62. The van der Waals surface area contributed by atoms with Crippen LogP contribution in [0.25, 0.3) is 0 Å². The fourth-order valence-electron chi connectivity index (χ4n) is 2.46. The third-order valence-corrected chi connectivity index (χ3v) is 5.08. The number of rotatable bonds is 6. The van der Waals surface area contributed by atoms with Gasteiger partial charge in [-0.15, -0.1) is 0 Å². The zero-order valence-electron chi connectivity index (χ0n) is 11.8. The van der Waals surface area contributed by atoms with Gasteiger partial charge in [-0.1, -0.05) is 0 Å². The SMILES string of the molecule is N#Cc1ccc(S(=O)(=O)NCCC[NH+]2CCCC2)cc1.[Cl-]. The van der Waals surface area contributed by atoms with Crippen LogP contribution in [0.3, 0.4) is 0 Å². The maximum Gasteiger partial charge on any atom is 0.240 e.